The van der Waals surface area contributed by atoms with Gasteiger partial charge in [-0.25, -0.2) is 8.42 Å². The number of rotatable bonds is 5. The Bertz CT molecular complexity index is 1010. The van der Waals surface area contributed by atoms with E-state index in [4.69, 9.17) is 27.9 Å². The van der Waals surface area contributed by atoms with Crippen molar-refractivity contribution in [3.05, 3.63) is 64.1 Å². The molecule has 0 saturated carbocycles. The minimum atomic E-state index is -3.84. The van der Waals surface area contributed by atoms with Crippen molar-refractivity contribution in [3.63, 3.8) is 0 Å². The second-order valence-electron chi connectivity index (χ2n) is 6.36. The topological polar surface area (TPSA) is 66.9 Å². The number of carbonyl (C=O) groups excluding carboxylic acids is 1. The predicted octanol–water partition coefficient (Wildman–Crippen LogP) is 3.55. The molecule has 0 radical (unpaired) electrons. The fraction of sp³-hybridized carbons (Fsp3) is 0.250. The van der Waals surface area contributed by atoms with Gasteiger partial charge in [0.1, 0.15) is 10.6 Å². The molecule has 9 heteroatoms. The normalized spacial score (nSPS) is 15.6. The van der Waals surface area contributed by atoms with Gasteiger partial charge in [-0.1, -0.05) is 47.5 Å². The first-order chi connectivity index (χ1) is 13.8. The highest BCUT2D eigenvalue weighted by molar-refractivity contribution is 7.89. The number of para-hydroxylation sites is 1. The molecule has 0 aliphatic carbocycles. The molecule has 0 N–H and O–H groups in total. The number of sulfonamides is 1. The fourth-order valence-electron chi connectivity index (χ4n) is 3.08. The SMILES string of the molecule is COc1ccccc1/C=C/C(=O)N1CCN(S(=O)(=O)c2c(Cl)cccc2Cl)CC1. The van der Waals surface area contributed by atoms with Gasteiger partial charge in [0.25, 0.3) is 0 Å². The van der Waals surface area contributed by atoms with Gasteiger partial charge in [0.05, 0.1) is 17.2 Å². The average molecular weight is 455 g/mol. The van der Waals surface area contributed by atoms with Crippen LogP contribution in [0.2, 0.25) is 10.0 Å². The maximum absolute atomic E-state index is 12.9. The zero-order valence-corrected chi connectivity index (χ0v) is 18.0. The van der Waals surface area contributed by atoms with Gasteiger partial charge in [-0.3, -0.25) is 4.79 Å². The maximum atomic E-state index is 12.9. The minimum Gasteiger partial charge on any atom is -0.496 e. The summed E-state index contributed by atoms with van der Waals surface area (Å²) >= 11 is 12.1. The van der Waals surface area contributed by atoms with Gasteiger partial charge in [0.15, 0.2) is 0 Å². The van der Waals surface area contributed by atoms with Gasteiger partial charge in [0.2, 0.25) is 15.9 Å². The number of piperazine rings is 1. The molecule has 29 heavy (non-hydrogen) atoms. The Morgan fingerprint density at radius 3 is 2.24 bits per heavy atom. The monoisotopic (exact) mass is 454 g/mol. The van der Waals surface area contributed by atoms with Gasteiger partial charge in [-0.05, 0) is 24.3 Å². The molecule has 6 nitrogen and oxygen atoms in total. The highest BCUT2D eigenvalue weighted by Crippen LogP contribution is 2.31. The summed E-state index contributed by atoms with van der Waals surface area (Å²) < 4.78 is 32.4. The fourth-order valence-corrected chi connectivity index (χ4v) is 5.59. The lowest BCUT2D eigenvalue weighted by molar-refractivity contribution is -0.127. The molecular formula is C20H20Cl2N2O4S. The van der Waals surface area contributed by atoms with Crippen molar-refractivity contribution in [2.24, 2.45) is 0 Å². The van der Waals surface area contributed by atoms with Gasteiger partial charge in [-0.2, -0.15) is 4.31 Å². The summed E-state index contributed by atoms with van der Waals surface area (Å²) in [4.78, 5) is 14.0. The third kappa shape index (κ3) is 4.75. The van der Waals surface area contributed by atoms with E-state index in [0.29, 0.717) is 5.75 Å². The molecule has 0 bridgehead atoms. The Morgan fingerprint density at radius 2 is 1.62 bits per heavy atom. The second kappa shape index (κ2) is 9.17. The molecule has 0 aromatic heterocycles. The summed E-state index contributed by atoms with van der Waals surface area (Å²) in [7, 11) is -2.27. The molecule has 154 valence electrons. The van der Waals surface area contributed by atoms with Gasteiger partial charge >= 0.3 is 0 Å². The van der Waals surface area contributed by atoms with Crippen molar-refractivity contribution in [2.75, 3.05) is 33.3 Å². The molecule has 1 amide bonds. The summed E-state index contributed by atoms with van der Waals surface area (Å²) in [5.41, 5.74) is 0.790. The molecule has 1 aliphatic heterocycles. The molecule has 1 saturated heterocycles. The Labute approximate surface area is 180 Å². The van der Waals surface area contributed by atoms with E-state index in [0.717, 1.165) is 5.56 Å². The summed E-state index contributed by atoms with van der Waals surface area (Å²) in [6, 6.07) is 11.9. The second-order valence-corrected chi connectivity index (χ2v) is 9.04. The zero-order valence-electron chi connectivity index (χ0n) is 15.7. The summed E-state index contributed by atoms with van der Waals surface area (Å²) in [6.07, 6.45) is 3.15. The number of benzene rings is 2. The van der Waals surface area contributed by atoms with Crippen LogP contribution in [0.15, 0.2) is 53.4 Å². The Morgan fingerprint density at radius 1 is 1.00 bits per heavy atom. The van der Waals surface area contributed by atoms with Crippen molar-refractivity contribution in [2.45, 2.75) is 4.90 Å². The Balaban J connectivity index is 1.67. The van der Waals surface area contributed by atoms with Crippen LogP contribution in [0.25, 0.3) is 6.08 Å². The molecule has 2 aromatic carbocycles. The molecule has 0 unspecified atom stereocenters. The zero-order chi connectivity index (χ0) is 21.0. The van der Waals surface area contributed by atoms with Crippen LogP contribution in [-0.4, -0.2) is 56.8 Å². The number of hydrogen-bond donors (Lipinski definition) is 0. The molecule has 2 aromatic rings. The van der Waals surface area contributed by atoms with E-state index >= 15 is 0 Å². The van der Waals surface area contributed by atoms with E-state index in [1.807, 2.05) is 24.3 Å². The van der Waals surface area contributed by atoms with Crippen LogP contribution in [0.4, 0.5) is 0 Å². The summed E-state index contributed by atoms with van der Waals surface area (Å²) in [5.74, 6) is 0.479. The standard InChI is InChI=1S/C20H20Cl2N2O4S/c1-28-18-8-3-2-5-15(18)9-10-19(25)23-11-13-24(14-12-23)29(26,27)20-16(21)6-4-7-17(20)22/h2-10H,11-14H2,1H3/b10-9+. The minimum absolute atomic E-state index is 0.0794. The molecule has 3 rings (SSSR count). The first-order valence-electron chi connectivity index (χ1n) is 8.89. The average Bonchev–Trinajstić information content (AvgIpc) is 2.72. The summed E-state index contributed by atoms with van der Waals surface area (Å²) in [5, 5.41) is 0.159. The number of amides is 1. The molecule has 0 atom stereocenters. The van der Waals surface area contributed by atoms with Crippen molar-refractivity contribution < 1.29 is 17.9 Å². The van der Waals surface area contributed by atoms with Gasteiger partial charge in [-0.15, -0.1) is 0 Å². The third-order valence-electron chi connectivity index (χ3n) is 4.61. The van der Waals surface area contributed by atoms with E-state index in [1.54, 1.807) is 24.2 Å². The smallest absolute Gasteiger partial charge is 0.246 e. The third-order valence-corrected chi connectivity index (χ3v) is 7.47. The maximum Gasteiger partial charge on any atom is 0.246 e. The molecule has 1 heterocycles. The molecule has 0 spiro atoms. The van der Waals surface area contributed by atoms with E-state index in [1.165, 1.54) is 22.5 Å². The van der Waals surface area contributed by atoms with Crippen LogP contribution in [0, 0.1) is 0 Å². The number of hydrogen-bond acceptors (Lipinski definition) is 4. The quantitative estimate of drug-likeness (QED) is 0.647. The van der Waals surface area contributed by atoms with Crippen LogP contribution in [-0.2, 0) is 14.8 Å². The Kier molecular flexibility index (Phi) is 6.85. The number of methoxy groups -OCH3 is 1. The highest BCUT2D eigenvalue weighted by Gasteiger charge is 2.32. The van der Waals surface area contributed by atoms with E-state index < -0.39 is 10.0 Å². The van der Waals surface area contributed by atoms with Crippen LogP contribution in [0.3, 0.4) is 0 Å². The van der Waals surface area contributed by atoms with Crippen LogP contribution in [0.1, 0.15) is 5.56 Å². The predicted molar refractivity (Wildman–Crippen MR) is 114 cm³/mol. The van der Waals surface area contributed by atoms with Crippen molar-refractivity contribution >= 4 is 45.2 Å². The number of ether oxygens (including phenoxy) is 1. The van der Waals surface area contributed by atoms with E-state index in [2.05, 4.69) is 0 Å². The van der Waals surface area contributed by atoms with Crippen molar-refractivity contribution in [1.29, 1.82) is 0 Å². The van der Waals surface area contributed by atoms with Gasteiger partial charge in [0, 0.05) is 37.8 Å². The van der Waals surface area contributed by atoms with Crippen molar-refractivity contribution in [1.82, 2.24) is 9.21 Å². The van der Waals surface area contributed by atoms with Gasteiger partial charge < -0.3 is 9.64 Å². The van der Waals surface area contributed by atoms with Crippen LogP contribution in [0.5, 0.6) is 5.75 Å². The molecule has 1 aliphatic rings. The lowest BCUT2D eigenvalue weighted by Crippen LogP contribution is -2.50. The first kappa shape index (κ1) is 21.6. The molecule has 1 fully saturated rings. The molecular weight excluding hydrogens is 435 g/mol. The first-order valence-corrected chi connectivity index (χ1v) is 11.1. The number of nitrogens with zero attached hydrogens (tertiary/aromatic N) is 2. The lowest BCUT2D eigenvalue weighted by Gasteiger charge is -2.33. The largest absolute Gasteiger partial charge is 0.496 e. The van der Waals surface area contributed by atoms with Crippen molar-refractivity contribution in [3.8, 4) is 5.75 Å². The number of halogens is 2. The van der Waals surface area contributed by atoms with E-state index in [-0.39, 0.29) is 47.0 Å². The van der Waals surface area contributed by atoms with E-state index in [9.17, 15) is 13.2 Å². The summed E-state index contributed by atoms with van der Waals surface area (Å²) in [6.45, 7) is 0.878. The van der Waals surface area contributed by atoms with Crippen LogP contribution < -0.4 is 4.74 Å². The van der Waals surface area contributed by atoms with Crippen LogP contribution >= 0.6 is 23.2 Å². The Hall–Kier alpha value is -2.06. The lowest BCUT2D eigenvalue weighted by atomic mass is 10.2. The highest BCUT2D eigenvalue weighted by atomic mass is 35.5. The number of carbonyl (C=O) groups is 1.